The number of benzene rings is 1. The van der Waals surface area contributed by atoms with E-state index < -0.39 is 0 Å². The van der Waals surface area contributed by atoms with Crippen molar-refractivity contribution < 1.29 is 0 Å². The Bertz CT molecular complexity index is 548. The summed E-state index contributed by atoms with van der Waals surface area (Å²) in [6.45, 7) is 3.69. The van der Waals surface area contributed by atoms with Crippen molar-refractivity contribution >= 4 is 17.3 Å². The first-order valence-electron chi connectivity index (χ1n) is 6.67. The molecular weight excluding hydrogens is 268 g/mol. The van der Waals surface area contributed by atoms with Gasteiger partial charge in [0.25, 0.3) is 0 Å². The normalized spacial score (nSPS) is 11.4. The maximum absolute atomic E-state index is 4.35. The molecule has 2 aromatic rings. The van der Waals surface area contributed by atoms with Gasteiger partial charge in [0.05, 0.1) is 5.01 Å². The first kappa shape index (κ1) is 14.5. The van der Waals surface area contributed by atoms with Gasteiger partial charge in [0.2, 0.25) is 0 Å². The summed E-state index contributed by atoms with van der Waals surface area (Å²) in [5, 5.41) is 7.76. The first-order valence-corrected chi connectivity index (χ1v) is 7.49. The Labute approximate surface area is 124 Å². The number of thiazole rings is 1. The third-order valence-corrected chi connectivity index (χ3v) is 3.80. The maximum atomic E-state index is 4.35. The molecule has 0 spiro atoms. The van der Waals surface area contributed by atoms with E-state index in [0.717, 1.165) is 30.5 Å². The quantitative estimate of drug-likeness (QED) is 0.656. The third-order valence-electron chi connectivity index (χ3n) is 2.83. The molecule has 106 valence electrons. The van der Waals surface area contributed by atoms with E-state index in [9.17, 15) is 0 Å². The van der Waals surface area contributed by atoms with Gasteiger partial charge in [0, 0.05) is 37.6 Å². The van der Waals surface area contributed by atoms with Gasteiger partial charge >= 0.3 is 0 Å². The fraction of sp³-hybridized carbons (Fsp3) is 0.333. The molecular formula is C15H20N4S. The molecule has 0 aliphatic heterocycles. The van der Waals surface area contributed by atoms with Crippen LogP contribution in [0.25, 0.3) is 0 Å². The maximum Gasteiger partial charge on any atom is 0.191 e. The molecule has 0 fully saturated rings. The first-order chi connectivity index (χ1) is 9.78. The van der Waals surface area contributed by atoms with E-state index in [4.69, 9.17) is 0 Å². The number of nitrogens with zero attached hydrogens (tertiary/aromatic N) is 2. The lowest BCUT2D eigenvalue weighted by atomic mass is 10.2. The lowest BCUT2D eigenvalue weighted by Crippen LogP contribution is -2.37. The van der Waals surface area contributed by atoms with Crippen molar-refractivity contribution in [3.05, 3.63) is 52.0 Å². The van der Waals surface area contributed by atoms with Crippen LogP contribution in [0.15, 0.2) is 41.5 Å². The fourth-order valence-corrected chi connectivity index (χ4v) is 2.59. The molecule has 0 radical (unpaired) electrons. The second-order valence-corrected chi connectivity index (χ2v) is 5.77. The third kappa shape index (κ3) is 4.66. The Kier molecular flexibility index (Phi) is 5.55. The summed E-state index contributed by atoms with van der Waals surface area (Å²) in [5.41, 5.74) is 1.24. The summed E-state index contributed by atoms with van der Waals surface area (Å²) in [7, 11) is 1.79. The van der Waals surface area contributed by atoms with Gasteiger partial charge < -0.3 is 10.6 Å². The van der Waals surface area contributed by atoms with E-state index in [1.54, 1.807) is 18.4 Å². The lowest BCUT2D eigenvalue weighted by molar-refractivity contribution is 0.792. The van der Waals surface area contributed by atoms with Crippen LogP contribution in [-0.2, 0) is 13.0 Å². The smallest absolute Gasteiger partial charge is 0.191 e. The second kappa shape index (κ2) is 7.65. The molecule has 5 heteroatoms. The van der Waals surface area contributed by atoms with Gasteiger partial charge in [-0.25, -0.2) is 4.98 Å². The lowest BCUT2D eigenvalue weighted by Gasteiger charge is -2.11. The Balaban J connectivity index is 1.73. The van der Waals surface area contributed by atoms with Crippen LogP contribution in [0.3, 0.4) is 0 Å². The second-order valence-electron chi connectivity index (χ2n) is 4.45. The number of rotatable bonds is 5. The Morgan fingerprint density at radius 2 is 2.05 bits per heavy atom. The Hall–Kier alpha value is -1.88. The molecule has 2 N–H and O–H groups in total. The van der Waals surface area contributed by atoms with E-state index in [-0.39, 0.29) is 0 Å². The summed E-state index contributed by atoms with van der Waals surface area (Å²) >= 11 is 1.75. The molecule has 1 aromatic heterocycles. The summed E-state index contributed by atoms with van der Waals surface area (Å²) < 4.78 is 0. The van der Waals surface area contributed by atoms with Crippen molar-refractivity contribution in [2.75, 3.05) is 13.6 Å². The number of nitrogens with one attached hydrogen (secondary N) is 2. The minimum absolute atomic E-state index is 0.775. The molecule has 20 heavy (non-hydrogen) atoms. The molecule has 0 unspecified atom stereocenters. The molecule has 1 aromatic carbocycles. The highest BCUT2D eigenvalue weighted by Gasteiger charge is 2.01. The predicted octanol–water partition coefficient (Wildman–Crippen LogP) is 2.36. The van der Waals surface area contributed by atoms with E-state index in [2.05, 4.69) is 39.7 Å². The van der Waals surface area contributed by atoms with Crippen LogP contribution >= 0.6 is 11.3 Å². The van der Waals surface area contributed by atoms with Gasteiger partial charge in [-0.1, -0.05) is 30.3 Å². The van der Waals surface area contributed by atoms with Gasteiger partial charge in [-0.3, -0.25) is 4.99 Å². The number of aromatic nitrogens is 1. The number of aliphatic imine (C=N–C) groups is 1. The zero-order chi connectivity index (χ0) is 14.2. The molecule has 0 aliphatic rings. The average Bonchev–Trinajstić information content (AvgIpc) is 2.89. The highest BCUT2D eigenvalue weighted by molar-refractivity contribution is 7.11. The van der Waals surface area contributed by atoms with E-state index in [1.165, 1.54) is 10.4 Å². The van der Waals surface area contributed by atoms with Crippen molar-refractivity contribution in [3.63, 3.8) is 0 Å². The summed E-state index contributed by atoms with van der Waals surface area (Å²) in [5.74, 6) is 0.821. The monoisotopic (exact) mass is 288 g/mol. The van der Waals surface area contributed by atoms with Gasteiger partial charge in [-0.2, -0.15) is 0 Å². The molecule has 2 rings (SSSR count). The standard InChI is InChI=1S/C15H20N4S/c1-12-10-18-14(20-12)8-9-17-15(16-2)19-11-13-6-4-3-5-7-13/h3-7,10H,8-9,11H2,1-2H3,(H2,16,17,19). The number of hydrogen-bond donors (Lipinski definition) is 2. The van der Waals surface area contributed by atoms with E-state index in [1.807, 2.05) is 24.4 Å². The van der Waals surface area contributed by atoms with Gasteiger partial charge in [-0.15, -0.1) is 11.3 Å². The molecule has 0 aliphatic carbocycles. The van der Waals surface area contributed by atoms with Crippen LogP contribution in [-0.4, -0.2) is 24.5 Å². The minimum Gasteiger partial charge on any atom is -0.356 e. The zero-order valence-corrected chi connectivity index (χ0v) is 12.7. The fourth-order valence-electron chi connectivity index (χ4n) is 1.81. The highest BCUT2D eigenvalue weighted by Crippen LogP contribution is 2.10. The van der Waals surface area contributed by atoms with Gasteiger partial charge in [-0.05, 0) is 12.5 Å². The molecule has 0 amide bonds. The molecule has 0 saturated heterocycles. The summed E-state index contributed by atoms with van der Waals surface area (Å²) in [4.78, 5) is 9.82. The largest absolute Gasteiger partial charge is 0.356 e. The van der Waals surface area contributed by atoms with Crippen molar-refractivity contribution in [3.8, 4) is 0 Å². The number of hydrogen-bond acceptors (Lipinski definition) is 3. The van der Waals surface area contributed by atoms with Crippen molar-refractivity contribution in [1.82, 2.24) is 15.6 Å². The predicted molar refractivity (Wildman–Crippen MR) is 85.2 cm³/mol. The van der Waals surface area contributed by atoms with Crippen molar-refractivity contribution in [2.45, 2.75) is 19.9 Å². The Morgan fingerprint density at radius 3 is 2.70 bits per heavy atom. The minimum atomic E-state index is 0.775. The van der Waals surface area contributed by atoms with Crippen molar-refractivity contribution in [2.24, 2.45) is 4.99 Å². The zero-order valence-electron chi connectivity index (χ0n) is 11.9. The molecule has 0 bridgehead atoms. The van der Waals surface area contributed by atoms with Crippen LogP contribution in [0, 0.1) is 6.92 Å². The van der Waals surface area contributed by atoms with Crippen LogP contribution < -0.4 is 10.6 Å². The molecule has 1 heterocycles. The highest BCUT2D eigenvalue weighted by atomic mass is 32.1. The number of aryl methyl sites for hydroxylation is 1. The van der Waals surface area contributed by atoms with Crippen LogP contribution in [0.1, 0.15) is 15.4 Å². The van der Waals surface area contributed by atoms with Crippen molar-refractivity contribution in [1.29, 1.82) is 0 Å². The van der Waals surface area contributed by atoms with E-state index in [0.29, 0.717) is 0 Å². The SMILES string of the molecule is CN=C(NCCc1ncc(C)s1)NCc1ccccc1. The van der Waals surface area contributed by atoms with Gasteiger partial charge in [0.15, 0.2) is 5.96 Å². The van der Waals surface area contributed by atoms with Gasteiger partial charge in [0.1, 0.15) is 0 Å². The van der Waals surface area contributed by atoms with Crippen LogP contribution in [0.4, 0.5) is 0 Å². The van der Waals surface area contributed by atoms with Crippen LogP contribution in [0.2, 0.25) is 0 Å². The molecule has 0 saturated carbocycles. The summed E-state index contributed by atoms with van der Waals surface area (Å²) in [6.07, 6.45) is 2.84. The molecule has 4 nitrogen and oxygen atoms in total. The number of guanidine groups is 1. The van der Waals surface area contributed by atoms with E-state index >= 15 is 0 Å². The summed E-state index contributed by atoms with van der Waals surface area (Å²) in [6, 6.07) is 10.3. The Morgan fingerprint density at radius 1 is 1.25 bits per heavy atom. The van der Waals surface area contributed by atoms with Crippen LogP contribution in [0.5, 0.6) is 0 Å². The average molecular weight is 288 g/mol. The topological polar surface area (TPSA) is 49.3 Å². The molecule has 0 atom stereocenters.